The second-order valence-corrected chi connectivity index (χ2v) is 6.43. The average molecular weight is 360 g/mol. The quantitative estimate of drug-likeness (QED) is 0.605. The van der Waals surface area contributed by atoms with Crippen molar-refractivity contribution in [2.45, 2.75) is 40.3 Å². The minimum atomic E-state index is -0.440. The van der Waals surface area contributed by atoms with Crippen LogP contribution in [0.2, 0.25) is 0 Å². The van der Waals surface area contributed by atoms with Crippen molar-refractivity contribution in [3.63, 3.8) is 0 Å². The number of carbonyl (C=O) groups is 2. The molecule has 0 aliphatic rings. The standard InChI is InChI=1S/C20H25FN2O3/c1-6-26-20(25)17-12(2)18(22-13(17)3)19(24)14(4)23(5)11-15-8-7-9-16(21)10-15/h7-10,14,22H,6,11H2,1-5H3/t14-/m0/s1. The fourth-order valence-corrected chi connectivity index (χ4v) is 2.98. The molecule has 1 N–H and O–H groups in total. The van der Waals surface area contributed by atoms with Crippen LogP contribution in [0.5, 0.6) is 0 Å². The maximum absolute atomic E-state index is 13.3. The molecule has 0 aliphatic heterocycles. The first-order valence-corrected chi connectivity index (χ1v) is 8.61. The van der Waals surface area contributed by atoms with Gasteiger partial charge in [-0.3, -0.25) is 9.69 Å². The van der Waals surface area contributed by atoms with Gasteiger partial charge in [-0.25, -0.2) is 9.18 Å². The fourth-order valence-electron chi connectivity index (χ4n) is 2.98. The summed E-state index contributed by atoms with van der Waals surface area (Å²) < 4.78 is 18.4. The first-order chi connectivity index (χ1) is 12.3. The maximum atomic E-state index is 13.3. The molecule has 0 unspecified atom stereocenters. The number of H-pyrrole nitrogens is 1. The number of Topliss-reactive ketones (excluding diaryl/α,β-unsaturated/α-hetero) is 1. The zero-order chi connectivity index (χ0) is 19.4. The van der Waals surface area contributed by atoms with Crippen LogP contribution in [0.3, 0.4) is 0 Å². The first-order valence-electron chi connectivity index (χ1n) is 8.61. The summed E-state index contributed by atoms with van der Waals surface area (Å²) in [5, 5.41) is 0. The lowest BCUT2D eigenvalue weighted by Gasteiger charge is -2.23. The van der Waals surface area contributed by atoms with E-state index in [-0.39, 0.29) is 18.2 Å². The number of nitrogens with one attached hydrogen (secondary N) is 1. The van der Waals surface area contributed by atoms with Crippen molar-refractivity contribution >= 4 is 11.8 Å². The summed E-state index contributed by atoms with van der Waals surface area (Å²) in [5.41, 5.74) is 2.82. The molecule has 0 radical (unpaired) electrons. The van der Waals surface area contributed by atoms with Crippen molar-refractivity contribution in [3.05, 3.63) is 58.2 Å². The Balaban J connectivity index is 2.20. The van der Waals surface area contributed by atoms with Crippen LogP contribution in [-0.2, 0) is 11.3 Å². The molecule has 1 atom stereocenters. The number of carbonyl (C=O) groups excluding carboxylic acids is 2. The predicted octanol–water partition coefficient (Wildman–Crippen LogP) is 3.65. The molecule has 1 aromatic carbocycles. The fraction of sp³-hybridized carbons (Fsp3) is 0.400. The lowest BCUT2D eigenvalue weighted by atomic mass is 10.0. The molecule has 0 saturated heterocycles. The molecular formula is C20H25FN2O3. The number of likely N-dealkylation sites (N-methyl/N-ethyl adjacent to an activating group) is 1. The number of benzene rings is 1. The van der Waals surface area contributed by atoms with Gasteiger partial charge in [0.1, 0.15) is 5.82 Å². The molecule has 2 rings (SSSR count). The van der Waals surface area contributed by atoms with Crippen molar-refractivity contribution in [1.29, 1.82) is 0 Å². The van der Waals surface area contributed by atoms with E-state index in [9.17, 15) is 14.0 Å². The lowest BCUT2D eigenvalue weighted by molar-refractivity contribution is 0.0525. The third-order valence-corrected chi connectivity index (χ3v) is 4.53. The Morgan fingerprint density at radius 1 is 1.31 bits per heavy atom. The summed E-state index contributed by atoms with van der Waals surface area (Å²) >= 11 is 0. The second kappa shape index (κ2) is 8.27. The van der Waals surface area contributed by atoms with Gasteiger partial charge < -0.3 is 9.72 Å². The Hall–Kier alpha value is -2.47. The molecular weight excluding hydrogens is 335 g/mol. The van der Waals surface area contributed by atoms with E-state index in [4.69, 9.17) is 4.74 Å². The summed E-state index contributed by atoms with van der Waals surface area (Å²) in [6.07, 6.45) is 0. The molecule has 0 bridgehead atoms. The molecule has 1 heterocycles. The van der Waals surface area contributed by atoms with Gasteiger partial charge in [0.25, 0.3) is 0 Å². The summed E-state index contributed by atoms with van der Waals surface area (Å²) in [4.78, 5) is 29.9. The zero-order valence-electron chi connectivity index (χ0n) is 15.9. The van der Waals surface area contributed by atoms with Crippen molar-refractivity contribution in [3.8, 4) is 0 Å². The van der Waals surface area contributed by atoms with Crippen LogP contribution in [0.1, 0.15) is 51.5 Å². The molecule has 0 saturated carbocycles. The topological polar surface area (TPSA) is 62.4 Å². The Labute approximate surface area is 153 Å². The third kappa shape index (κ3) is 4.19. The van der Waals surface area contributed by atoms with Gasteiger partial charge in [0.05, 0.1) is 23.9 Å². The van der Waals surface area contributed by atoms with Gasteiger partial charge in [-0.2, -0.15) is 0 Å². The molecule has 1 aromatic heterocycles. The van der Waals surface area contributed by atoms with Gasteiger partial charge in [0, 0.05) is 12.2 Å². The number of aromatic nitrogens is 1. The van der Waals surface area contributed by atoms with E-state index < -0.39 is 12.0 Å². The lowest BCUT2D eigenvalue weighted by Crippen LogP contribution is -2.36. The number of aryl methyl sites for hydroxylation is 1. The molecule has 0 fully saturated rings. The molecule has 2 aromatic rings. The van der Waals surface area contributed by atoms with Crippen LogP contribution in [-0.4, -0.2) is 41.3 Å². The monoisotopic (exact) mass is 360 g/mol. The largest absolute Gasteiger partial charge is 0.462 e. The number of aromatic amines is 1. The maximum Gasteiger partial charge on any atom is 0.340 e. The second-order valence-electron chi connectivity index (χ2n) is 6.43. The Morgan fingerprint density at radius 2 is 2.00 bits per heavy atom. The molecule has 0 aliphatic carbocycles. The highest BCUT2D eigenvalue weighted by molar-refractivity contribution is 6.03. The Kier molecular flexibility index (Phi) is 6.32. The van der Waals surface area contributed by atoms with E-state index >= 15 is 0 Å². The number of ether oxygens (including phenoxy) is 1. The summed E-state index contributed by atoms with van der Waals surface area (Å²) in [6, 6.07) is 5.87. The molecule has 26 heavy (non-hydrogen) atoms. The van der Waals surface area contributed by atoms with Crippen LogP contribution in [0.4, 0.5) is 4.39 Å². The van der Waals surface area contributed by atoms with Gasteiger partial charge in [-0.1, -0.05) is 12.1 Å². The van der Waals surface area contributed by atoms with E-state index in [1.54, 1.807) is 33.8 Å². The highest BCUT2D eigenvalue weighted by atomic mass is 19.1. The SMILES string of the molecule is CCOC(=O)c1c(C)[nH]c(C(=O)[C@H](C)N(C)Cc2cccc(F)c2)c1C. The van der Waals surface area contributed by atoms with E-state index in [1.807, 2.05) is 18.0 Å². The van der Waals surface area contributed by atoms with E-state index in [0.29, 0.717) is 29.1 Å². The number of rotatable bonds is 7. The average Bonchev–Trinajstić information content (AvgIpc) is 2.88. The first kappa shape index (κ1) is 19.8. The minimum absolute atomic E-state index is 0.125. The van der Waals surface area contributed by atoms with Crippen molar-refractivity contribution in [2.75, 3.05) is 13.7 Å². The smallest absolute Gasteiger partial charge is 0.340 e. The van der Waals surface area contributed by atoms with Crippen molar-refractivity contribution in [1.82, 2.24) is 9.88 Å². The van der Waals surface area contributed by atoms with Gasteiger partial charge >= 0.3 is 5.97 Å². The molecule has 6 heteroatoms. The van der Waals surface area contributed by atoms with Crippen molar-refractivity contribution < 1.29 is 18.7 Å². The number of hydrogen-bond acceptors (Lipinski definition) is 4. The number of nitrogens with zero attached hydrogens (tertiary/aromatic N) is 1. The van der Waals surface area contributed by atoms with Crippen LogP contribution in [0.15, 0.2) is 24.3 Å². The predicted molar refractivity (Wildman–Crippen MR) is 97.9 cm³/mol. The molecule has 140 valence electrons. The van der Waals surface area contributed by atoms with Gasteiger partial charge in [-0.15, -0.1) is 0 Å². The van der Waals surface area contributed by atoms with Gasteiger partial charge in [0.2, 0.25) is 0 Å². The summed E-state index contributed by atoms with van der Waals surface area (Å²) in [5.74, 6) is -0.858. The number of halogens is 1. The third-order valence-electron chi connectivity index (χ3n) is 4.53. The van der Waals surface area contributed by atoms with Gasteiger partial charge in [-0.05, 0) is 58.0 Å². The summed E-state index contributed by atoms with van der Waals surface area (Å²) in [7, 11) is 1.81. The van der Waals surface area contributed by atoms with Crippen LogP contribution >= 0.6 is 0 Å². The Morgan fingerprint density at radius 3 is 2.62 bits per heavy atom. The number of hydrogen-bond donors (Lipinski definition) is 1. The zero-order valence-corrected chi connectivity index (χ0v) is 15.9. The van der Waals surface area contributed by atoms with E-state index in [2.05, 4.69) is 4.98 Å². The highest BCUT2D eigenvalue weighted by Gasteiger charge is 2.27. The van der Waals surface area contributed by atoms with Gasteiger partial charge in [0.15, 0.2) is 5.78 Å². The van der Waals surface area contributed by atoms with E-state index in [1.165, 1.54) is 12.1 Å². The van der Waals surface area contributed by atoms with Crippen LogP contribution in [0.25, 0.3) is 0 Å². The Bertz CT molecular complexity index is 813. The normalized spacial score (nSPS) is 12.3. The minimum Gasteiger partial charge on any atom is -0.462 e. The van der Waals surface area contributed by atoms with E-state index in [0.717, 1.165) is 5.56 Å². The van der Waals surface area contributed by atoms with Crippen LogP contribution in [0, 0.1) is 19.7 Å². The highest BCUT2D eigenvalue weighted by Crippen LogP contribution is 2.21. The van der Waals surface area contributed by atoms with Crippen molar-refractivity contribution in [2.24, 2.45) is 0 Å². The summed E-state index contributed by atoms with van der Waals surface area (Å²) in [6.45, 7) is 7.73. The molecule has 0 amide bonds. The number of ketones is 1. The molecule has 5 nitrogen and oxygen atoms in total. The van der Waals surface area contributed by atoms with Crippen LogP contribution < -0.4 is 0 Å². The molecule has 0 spiro atoms. The number of esters is 1.